The van der Waals surface area contributed by atoms with Crippen molar-refractivity contribution in [2.45, 2.75) is 39.5 Å². The van der Waals surface area contributed by atoms with Crippen LogP contribution in [0.15, 0.2) is 41.2 Å². The summed E-state index contributed by atoms with van der Waals surface area (Å²) in [6.07, 6.45) is -4.83. The number of nitrogens with one attached hydrogen (secondary N) is 2. The van der Waals surface area contributed by atoms with Gasteiger partial charge in [-0.05, 0) is 55.3 Å². The maximum Gasteiger partial charge on any atom is 0.430 e. The Morgan fingerprint density at radius 2 is 1.77 bits per heavy atom. The van der Waals surface area contributed by atoms with Crippen LogP contribution >= 0.6 is 0 Å². The number of H-pyrrole nitrogens is 2. The Kier molecular flexibility index (Phi) is 8.08. The number of hydrogen-bond donors (Lipinski definition) is 2. The molecule has 4 heterocycles. The summed E-state index contributed by atoms with van der Waals surface area (Å²) in [4.78, 5) is 35.5. The fourth-order valence-electron chi connectivity index (χ4n) is 4.69. The number of hydrogen-bond acceptors (Lipinski definition) is 8. The highest BCUT2D eigenvalue weighted by Gasteiger charge is 2.32. The Bertz CT molecular complexity index is 1820. The monoisotopic (exact) mass is 616 g/mol. The number of aliphatic carboxylic acids is 1. The van der Waals surface area contributed by atoms with Gasteiger partial charge in [-0.2, -0.15) is 18.3 Å². The predicted octanol–water partition coefficient (Wildman–Crippen LogP) is 1.48. The average Bonchev–Trinajstić information content (AvgIpc) is 3.64. The Morgan fingerprint density at radius 3 is 2.50 bits per heavy atom. The van der Waals surface area contributed by atoms with E-state index in [2.05, 4.69) is 20.4 Å². The van der Waals surface area contributed by atoms with E-state index < -0.39 is 23.9 Å². The van der Waals surface area contributed by atoms with E-state index in [1.54, 1.807) is 24.0 Å². The Hall–Kier alpha value is -5.28. The predicted molar refractivity (Wildman–Crippen MR) is 140 cm³/mol. The molecule has 44 heavy (non-hydrogen) atoms. The fourth-order valence-corrected chi connectivity index (χ4v) is 4.69. The molecule has 16 heteroatoms. The lowest BCUT2D eigenvalue weighted by atomic mass is 10.0. The maximum atomic E-state index is 14.8. The third kappa shape index (κ3) is 6.09. The van der Waals surface area contributed by atoms with Crippen molar-refractivity contribution in [3.05, 3.63) is 86.3 Å². The summed E-state index contributed by atoms with van der Waals surface area (Å²) >= 11 is 0. The molecule has 0 radical (unpaired) electrons. The molecule has 2 aromatic carbocycles. The molecule has 0 saturated heterocycles. The molecule has 0 atom stereocenters. The first-order chi connectivity index (χ1) is 20.8. The molecule has 4 aromatic rings. The Morgan fingerprint density at radius 1 is 1.05 bits per heavy atom. The minimum absolute atomic E-state index is 0.000240. The highest BCUT2D eigenvalue weighted by atomic mass is 19.4. The van der Waals surface area contributed by atoms with Gasteiger partial charge in [0, 0.05) is 17.1 Å². The van der Waals surface area contributed by atoms with Crippen LogP contribution in [0, 0.1) is 19.7 Å². The van der Waals surface area contributed by atoms with Crippen molar-refractivity contribution >= 4 is 11.9 Å². The number of amides is 1. The van der Waals surface area contributed by atoms with Crippen molar-refractivity contribution in [3.8, 4) is 22.9 Å². The summed E-state index contributed by atoms with van der Waals surface area (Å²) in [5, 5.41) is 22.9. The minimum atomic E-state index is -5.19. The molecule has 2 aliphatic heterocycles. The van der Waals surface area contributed by atoms with Gasteiger partial charge in [-0.1, -0.05) is 6.07 Å². The van der Waals surface area contributed by atoms with Crippen molar-refractivity contribution in [1.29, 1.82) is 0 Å². The number of carboxylic acids is 1. The zero-order chi connectivity index (χ0) is 31.8. The van der Waals surface area contributed by atoms with Gasteiger partial charge in [0.1, 0.15) is 18.3 Å². The number of carbonyl (C=O) groups is 2. The number of rotatable bonds is 4. The second kappa shape index (κ2) is 11.8. The molecular formula is C28H24F4N6O6. The zero-order valence-electron chi connectivity index (χ0n) is 23.2. The summed E-state index contributed by atoms with van der Waals surface area (Å²) in [7, 11) is 0. The summed E-state index contributed by atoms with van der Waals surface area (Å²) < 4.78 is 59.2. The number of nitrogens with zero attached hydrogens (tertiary/aromatic N) is 4. The van der Waals surface area contributed by atoms with Gasteiger partial charge in [-0.25, -0.2) is 14.1 Å². The smallest absolute Gasteiger partial charge is 0.430 e. The summed E-state index contributed by atoms with van der Waals surface area (Å²) in [6.45, 7) is 4.92. The Balaban J connectivity index is 0.000000493. The Labute approximate surface area is 245 Å². The largest absolute Gasteiger partial charge is 0.542 e. The lowest BCUT2D eigenvalue weighted by molar-refractivity contribution is -0.700. The lowest BCUT2D eigenvalue weighted by Gasteiger charge is -2.25. The number of halogens is 4. The van der Waals surface area contributed by atoms with Crippen LogP contribution in [-0.2, 0) is 24.3 Å². The molecular weight excluding hydrogens is 592 g/mol. The highest BCUT2D eigenvalue weighted by Crippen LogP contribution is 2.35. The van der Waals surface area contributed by atoms with E-state index in [0.29, 0.717) is 42.3 Å². The van der Waals surface area contributed by atoms with E-state index in [1.807, 2.05) is 29.7 Å². The summed E-state index contributed by atoms with van der Waals surface area (Å²) in [5.74, 6) is -1.15. The van der Waals surface area contributed by atoms with Crippen LogP contribution in [0.1, 0.15) is 38.6 Å². The molecule has 0 fully saturated rings. The van der Waals surface area contributed by atoms with Crippen molar-refractivity contribution in [1.82, 2.24) is 25.3 Å². The van der Waals surface area contributed by atoms with Crippen LogP contribution < -0.4 is 24.7 Å². The van der Waals surface area contributed by atoms with Crippen LogP contribution in [0.5, 0.6) is 11.5 Å². The van der Waals surface area contributed by atoms with Gasteiger partial charge in [0.15, 0.2) is 11.5 Å². The summed E-state index contributed by atoms with van der Waals surface area (Å²) in [5.41, 5.74) is 3.40. The third-order valence-corrected chi connectivity index (χ3v) is 7.22. The van der Waals surface area contributed by atoms with E-state index in [4.69, 9.17) is 19.4 Å². The number of ether oxygens (including phenoxy) is 2. The van der Waals surface area contributed by atoms with E-state index >= 15 is 0 Å². The molecule has 0 bridgehead atoms. The topological polar surface area (TPSA) is 157 Å². The van der Waals surface area contributed by atoms with Gasteiger partial charge in [-0.3, -0.25) is 9.59 Å². The number of carboxylic acid groups (broad SMARTS) is 1. The molecule has 0 unspecified atom stereocenters. The van der Waals surface area contributed by atoms with E-state index in [1.165, 1.54) is 6.07 Å². The van der Waals surface area contributed by atoms with Crippen LogP contribution in [0.2, 0.25) is 0 Å². The maximum absolute atomic E-state index is 14.8. The van der Waals surface area contributed by atoms with E-state index in [9.17, 15) is 27.2 Å². The molecule has 0 spiro atoms. The van der Waals surface area contributed by atoms with E-state index in [-0.39, 0.29) is 24.5 Å². The fraction of sp³-hybridized carbons (Fsp3) is 0.286. The first kappa shape index (κ1) is 30.2. The van der Waals surface area contributed by atoms with Gasteiger partial charge in [0.2, 0.25) is 6.79 Å². The van der Waals surface area contributed by atoms with Crippen molar-refractivity contribution in [3.63, 3.8) is 0 Å². The normalized spacial score (nSPS) is 13.6. The second-order valence-electron chi connectivity index (χ2n) is 9.97. The first-order valence-corrected chi connectivity index (χ1v) is 13.1. The van der Waals surface area contributed by atoms with Crippen molar-refractivity contribution in [2.24, 2.45) is 0 Å². The molecule has 2 N–H and O–H groups in total. The quantitative estimate of drug-likeness (QED) is 0.258. The standard InChI is InChI=1S/C26H23FN6O4.C2HF3O2/c1-14-15(2)25(34)31-28-20(14)10-16-3-5-19(27)18(9-16)26(35)32-7-8-33-23(12-32)29-30-24(33)17-4-6-21-22(11-17)37-13-36-21;3-2(4,5)1(6)7/h3-6,9,11H,7-8,10,12-13H2,1-2H3,(H,31,34);(H,6,7). The molecule has 12 nitrogen and oxygen atoms in total. The first-order valence-electron chi connectivity index (χ1n) is 13.1. The number of fused-ring (bicyclic) bond motifs is 2. The summed E-state index contributed by atoms with van der Waals surface area (Å²) in [6, 6.07) is 10.1. The molecule has 0 aliphatic carbocycles. The molecule has 1 amide bonds. The number of alkyl halides is 3. The van der Waals surface area contributed by atoms with Crippen LogP contribution in [-0.4, -0.2) is 56.7 Å². The number of aromatic nitrogens is 5. The molecule has 6 rings (SSSR count). The third-order valence-electron chi connectivity index (χ3n) is 7.22. The van der Waals surface area contributed by atoms with Gasteiger partial charge in [-0.15, -0.1) is 5.10 Å². The molecule has 2 aliphatic rings. The number of benzene rings is 2. The lowest BCUT2D eigenvalue weighted by Crippen LogP contribution is -2.52. The van der Waals surface area contributed by atoms with Crippen LogP contribution in [0.4, 0.5) is 17.6 Å². The van der Waals surface area contributed by atoms with E-state index in [0.717, 1.165) is 28.3 Å². The van der Waals surface area contributed by atoms with Crippen LogP contribution in [0.25, 0.3) is 11.4 Å². The highest BCUT2D eigenvalue weighted by molar-refractivity contribution is 5.94. The van der Waals surface area contributed by atoms with Gasteiger partial charge >= 0.3 is 12.0 Å². The minimum Gasteiger partial charge on any atom is -0.542 e. The van der Waals surface area contributed by atoms with Crippen molar-refractivity contribution < 1.29 is 46.3 Å². The molecule has 2 aromatic heterocycles. The second-order valence-corrected chi connectivity index (χ2v) is 9.97. The number of aromatic amines is 2. The molecule has 0 saturated carbocycles. The van der Waals surface area contributed by atoms with Gasteiger partial charge < -0.3 is 24.3 Å². The average molecular weight is 617 g/mol. The van der Waals surface area contributed by atoms with Crippen LogP contribution in [0.3, 0.4) is 0 Å². The number of carbonyl (C=O) groups excluding carboxylic acids is 2. The zero-order valence-corrected chi connectivity index (χ0v) is 23.2. The van der Waals surface area contributed by atoms with Crippen molar-refractivity contribution in [2.75, 3.05) is 13.3 Å². The molecule has 230 valence electrons. The SMILES string of the molecule is Cc1c(Cc2ccc(F)c(C(=O)N3CC[n+]4c(-c5ccc6c(c5)OCO6)n[nH]c4C3)c2)n[nH]c(=O)c1C.O=C([O-])C(F)(F)F. The van der Waals surface area contributed by atoms with Gasteiger partial charge in [0.25, 0.3) is 17.3 Å². The van der Waals surface area contributed by atoms with Gasteiger partial charge in [0.05, 0.1) is 29.9 Å².